The topological polar surface area (TPSA) is 40.5 Å². The Morgan fingerprint density at radius 3 is 2.47 bits per heavy atom. The molecule has 1 aromatic rings. The average Bonchev–Trinajstić information content (AvgIpc) is 2.28. The first-order chi connectivity index (χ1) is 8.69. The number of amides is 1. The Bertz CT molecular complexity index is 455. The average molecular weight is 271 g/mol. The fourth-order valence-electron chi connectivity index (χ4n) is 1.81. The molecule has 0 unspecified atom stereocenters. The molecular weight excluding hydrogens is 252 g/mol. The van der Waals surface area contributed by atoms with E-state index in [2.05, 4.69) is 0 Å². The van der Waals surface area contributed by atoms with E-state index in [1.807, 2.05) is 0 Å². The monoisotopic (exact) mass is 271 g/mol. The van der Waals surface area contributed by atoms with Crippen molar-refractivity contribution in [2.75, 3.05) is 13.6 Å². The van der Waals surface area contributed by atoms with E-state index in [4.69, 9.17) is 0 Å². The first-order valence-corrected chi connectivity index (χ1v) is 6.09. The molecule has 0 fully saturated rings. The van der Waals surface area contributed by atoms with Crippen molar-refractivity contribution >= 4 is 5.91 Å². The fraction of sp³-hybridized carbons (Fsp3) is 0.500. The highest BCUT2D eigenvalue weighted by atomic mass is 19.2. The van der Waals surface area contributed by atoms with Gasteiger partial charge in [0.25, 0.3) is 0 Å². The number of hydrogen-bond donors (Lipinski definition) is 1. The molecule has 19 heavy (non-hydrogen) atoms. The molecule has 1 N–H and O–H groups in total. The highest BCUT2D eigenvalue weighted by Crippen LogP contribution is 2.11. The van der Waals surface area contributed by atoms with E-state index in [9.17, 15) is 18.7 Å². The number of carbonyl (C=O) groups is 1. The molecule has 0 aliphatic carbocycles. The zero-order valence-corrected chi connectivity index (χ0v) is 11.4. The van der Waals surface area contributed by atoms with Crippen LogP contribution in [0.5, 0.6) is 0 Å². The molecule has 0 saturated carbocycles. The Morgan fingerprint density at radius 1 is 1.32 bits per heavy atom. The van der Waals surface area contributed by atoms with E-state index in [1.54, 1.807) is 20.9 Å². The third-order valence-corrected chi connectivity index (χ3v) is 2.66. The predicted molar refractivity (Wildman–Crippen MR) is 68.6 cm³/mol. The molecule has 0 aliphatic heterocycles. The van der Waals surface area contributed by atoms with Crippen LogP contribution in [0.4, 0.5) is 8.78 Å². The third kappa shape index (κ3) is 5.34. The van der Waals surface area contributed by atoms with Crippen LogP contribution >= 0.6 is 0 Å². The van der Waals surface area contributed by atoms with Gasteiger partial charge in [0.15, 0.2) is 11.6 Å². The molecule has 0 aromatic heterocycles. The molecular formula is C14H19F2NO2. The van der Waals surface area contributed by atoms with Gasteiger partial charge in [-0.1, -0.05) is 6.07 Å². The maximum Gasteiger partial charge on any atom is 0.222 e. The van der Waals surface area contributed by atoms with Gasteiger partial charge in [0.05, 0.1) is 5.60 Å². The van der Waals surface area contributed by atoms with Crippen molar-refractivity contribution in [1.29, 1.82) is 0 Å². The summed E-state index contributed by atoms with van der Waals surface area (Å²) in [4.78, 5) is 13.2. The summed E-state index contributed by atoms with van der Waals surface area (Å²) in [5.41, 5.74) is -0.379. The van der Waals surface area contributed by atoms with Crippen molar-refractivity contribution in [3.05, 3.63) is 35.4 Å². The van der Waals surface area contributed by atoms with Crippen molar-refractivity contribution in [2.45, 2.75) is 32.3 Å². The van der Waals surface area contributed by atoms with Gasteiger partial charge in [-0.25, -0.2) is 8.78 Å². The number of nitrogens with zero attached hydrogens (tertiary/aromatic N) is 1. The van der Waals surface area contributed by atoms with Crippen molar-refractivity contribution in [1.82, 2.24) is 4.90 Å². The van der Waals surface area contributed by atoms with Gasteiger partial charge in [0.2, 0.25) is 5.91 Å². The fourth-order valence-corrected chi connectivity index (χ4v) is 1.81. The first kappa shape index (κ1) is 15.6. The van der Waals surface area contributed by atoms with Crippen LogP contribution in [0.1, 0.15) is 25.8 Å². The van der Waals surface area contributed by atoms with Crippen molar-refractivity contribution in [3.63, 3.8) is 0 Å². The Hall–Kier alpha value is -1.49. The van der Waals surface area contributed by atoms with E-state index < -0.39 is 17.2 Å². The predicted octanol–water partition coefficient (Wildman–Crippen LogP) is 2.13. The van der Waals surface area contributed by atoms with Crippen LogP contribution in [0.15, 0.2) is 18.2 Å². The zero-order valence-electron chi connectivity index (χ0n) is 11.4. The molecule has 0 bridgehead atoms. The molecule has 0 heterocycles. The largest absolute Gasteiger partial charge is 0.389 e. The van der Waals surface area contributed by atoms with Gasteiger partial charge in [-0.3, -0.25) is 4.79 Å². The Balaban J connectivity index is 2.52. The summed E-state index contributed by atoms with van der Waals surface area (Å²) in [6, 6.07) is 3.61. The highest BCUT2D eigenvalue weighted by Gasteiger charge is 2.19. The molecule has 0 radical (unpaired) electrons. The Morgan fingerprint density at radius 2 is 1.95 bits per heavy atom. The number of halogens is 2. The smallest absolute Gasteiger partial charge is 0.222 e. The van der Waals surface area contributed by atoms with Crippen LogP contribution in [0, 0.1) is 11.6 Å². The second-order valence-electron chi connectivity index (χ2n) is 5.31. The zero-order chi connectivity index (χ0) is 14.6. The summed E-state index contributed by atoms with van der Waals surface area (Å²) < 4.78 is 25.7. The minimum Gasteiger partial charge on any atom is -0.389 e. The van der Waals surface area contributed by atoms with Crippen LogP contribution in [-0.2, 0) is 11.2 Å². The van der Waals surface area contributed by atoms with E-state index in [0.29, 0.717) is 12.0 Å². The van der Waals surface area contributed by atoms with Gasteiger partial charge in [0.1, 0.15) is 0 Å². The second kappa shape index (κ2) is 6.10. The molecule has 0 aliphatic rings. The number of aryl methyl sites for hydroxylation is 1. The summed E-state index contributed by atoms with van der Waals surface area (Å²) in [5, 5.41) is 9.60. The van der Waals surface area contributed by atoms with E-state index in [0.717, 1.165) is 12.1 Å². The van der Waals surface area contributed by atoms with Gasteiger partial charge in [-0.15, -0.1) is 0 Å². The quantitative estimate of drug-likeness (QED) is 0.891. The number of rotatable bonds is 5. The molecule has 1 aromatic carbocycles. The molecule has 5 heteroatoms. The lowest BCUT2D eigenvalue weighted by molar-refractivity contribution is -0.132. The standard InChI is InChI=1S/C14H19F2NO2/c1-14(2,19)9-17(3)13(18)7-5-10-4-6-11(15)12(16)8-10/h4,6,8,19H,5,7,9H2,1-3H3. The molecule has 0 saturated heterocycles. The SMILES string of the molecule is CN(CC(C)(C)O)C(=O)CCc1ccc(F)c(F)c1. The molecule has 1 amide bonds. The Labute approximate surface area is 111 Å². The van der Waals surface area contributed by atoms with Gasteiger partial charge in [0, 0.05) is 20.0 Å². The van der Waals surface area contributed by atoms with Crippen molar-refractivity contribution in [2.24, 2.45) is 0 Å². The number of carbonyl (C=O) groups excluding carboxylic acids is 1. The summed E-state index contributed by atoms with van der Waals surface area (Å²) in [5.74, 6) is -1.95. The van der Waals surface area contributed by atoms with E-state index in [1.165, 1.54) is 11.0 Å². The normalized spacial score (nSPS) is 11.5. The lowest BCUT2D eigenvalue weighted by Crippen LogP contribution is -2.39. The Kier molecular flexibility index (Phi) is 5.00. The number of hydrogen-bond acceptors (Lipinski definition) is 2. The summed E-state index contributed by atoms with van der Waals surface area (Å²) in [7, 11) is 1.60. The summed E-state index contributed by atoms with van der Waals surface area (Å²) in [6.45, 7) is 3.46. The maximum atomic E-state index is 13.0. The lowest BCUT2D eigenvalue weighted by Gasteiger charge is -2.25. The molecule has 106 valence electrons. The molecule has 3 nitrogen and oxygen atoms in total. The maximum absolute atomic E-state index is 13.0. The minimum absolute atomic E-state index is 0.146. The van der Waals surface area contributed by atoms with Gasteiger partial charge in [-0.05, 0) is 38.0 Å². The second-order valence-corrected chi connectivity index (χ2v) is 5.31. The molecule has 0 atom stereocenters. The third-order valence-electron chi connectivity index (χ3n) is 2.66. The van der Waals surface area contributed by atoms with Crippen LogP contribution in [0.25, 0.3) is 0 Å². The van der Waals surface area contributed by atoms with E-state index >= 15 is 0 Å². The first-order valence-electron chi connectivity index (χ1n) is 6.09. The van der Waals surface area contributed by atoms with Crippen LogP contribution in [-0.4, -0.2) is 35.1 Å². The number of likely N-dealkylation sites (N-methyl/N-ethyl adjacent to an activating group) is 1. The summed E-state index contributed by atoms with van der Waals surface area (Å²) in [6.07, 6.45) is 0.532. The van der Waals surface area contributed by atoms with Crippen LogP contribution < -0.4 is 0 Å². The minimum atomic E-state index is -0.952. The number of aliphatic hydroxyl groups is 1. The molecule has 1 rings (SSSR count). The van der Waals surface area contributed by atoms with E-state index in [-0.39, 0.29) is 18.9 Å². The number of benzene rings is 1. The van der Waals surface area contributed by atoms with Crippen molar-refractivity contribution < 1.29 is 18.7 Å². The highest BCUT2D eigenvalue weighted by molar-refractivity contribution is 5.76. The van der Waals surface area contributed by atoms with Crippen LogP contribution in [0.3, 0.4) is 0 Å². The van der Waals surface area contributed by atoms with Crippen molar-refractivity contribution in [3.8, 4) is 0 Å². The van der Waals surface area contributed by atoms with Gasteiger partial charge >= 0.3 is 0 Å². The van der Waals surface area contributed by atoms with Gasteiger partial charge in [-0.2, -0.15) is 0 Å². The summed E-state index contributed by atoms with van der Waals surface area (Å²) >= 11 is 0. The lowest BCUT2D eigenvalue weighted by atomic mass is 10.1. The van der Waals surface area contributed by atoms with Crippen LogP contribution in [0.2, 0.25) is 0 Å². The molecule has 0 spiro atoms. The van der Waals surface area contributed by atoms with Gasteiger partial charge < -0.3 is 10.0 Å².